The second-order valence-corrected chi connectivity index (χ2v) is 5.53. The van der Waals surface area contributed by atoms with Gasteiger partial charge in [-0.15, -0.1) is 11.6 Å². The quantitative estimate of drug-likeness (QED) is 0.859. The SMILES string of the molecule is Cc1cc(N(CC2CCCC2)C(=O)CCl)ccc1O. The molecule has 19 heavy (non-hydrogen) atoms. The Hall–Kier alpha value is -1.22. The molecule has 1 aromatic carbocycles. The molecule has 0 atom stereocenters. The number of amides is 1. The topological polar surface area (TPSA) is 40.5 Å². The van der Waals surface area contributed by atoms with Crippen LogP contribution in [0.1, 0.15) is 31.2 Å². The molecule has 0 aromatic heterocycles. The number of halogens is 1. The summed E-state index contributed by atoms with van der Waals surface area (Å²) in [6, 6.07) is 5.25. The molecule has 1 N–H and O–H groups in total. The number of aromatic hydroxyl groups is 1. The Morgan fingerprint density at radius 1 is 1.42 bits per heavy atom. The second-order valence-electron chi connectivity index (χ2n) is 5.26. The Bertz CT molecular complexity index is 455. The van der Waals surface area contributed by atoms with E-state index >= 15 is 0 Å². The summed E-state index contributed by atoms with van der Waals surface area (Å²) in [5.41, 5.74) is 1.60. The van der Waals surface area contributed by atoms with Crippen LogP contribution in [0.15, 0.2) is 18.2 Å². The van der Waals surface area contributed by atoms with E-state index in [0.29, 0.717) is 5.92 Å². The van der Waals surface area contributed by atoms with Crippen LogP contribution in [0.25, 0.3) is 0 Å². The lowest BCUT2D eigenvalue weighted by Gasteiger charge is -2.25. The fraction of sp³-hybridized carbons (Fsp3) is 0.533. The van der Waals surface area contributed by atoms with Crippen molar-refractivity contribution in [3.63, 3.8) is 0 Å². The largest absolute Gasteiger partial charge is 0.508 e. The van der Waals surface area contributed by atoms with Crippen molar-refractivity contribution in [2.24, 2.45) is 5.92 Å². The highest BCUT2D eigenvalue weighted by Gasteiger charge is 2.22. The minimum Gasteiger partial charge on any atom is -0.508 e. The van der Waals surface area contributed by atoms with Gasteiger partial charge in [0, 0.05) is 12.2 Å². The van der Waals surface area contributed by atoms with Crippen molar-refractivity contribution in [2.75, 3.05) is 17.3 Å². The molecule has 0 radical (unpaired) electrons. The molecule has 4 heteroatoms. The number of carbonyl (C=O) groups is 1. The van der Waals surface area contributed by atoms with Crippen LogP contribution in [0.4, 0.5) is 5.69 Å². The Balaban J connectivity index is 2.20. The summed E-state index contributed by atoms with van der Waals surface area (Å²) in [6.07, 6.45) is 4.87. The Labute approximate surface area is 119 Å². The molecule has 2 rings (SSSR count). The minimum atomic E-state index is -0.0707. The van der Waals surface area contributed by atoms with Gasteiger partial charge in [-0.1, -0.05) is 12.8 Å². The third kappa shape index (κ3) is 3.41. The summed E-state index contributed by atoms with van der Waals surface area (Å²) in [5, 5.41) is 9.58. The Kier molecular flexibility index (Phi) is 4.70. The van der Waals surface area contributed by atoms with Gasteiger partial charge in [-0.25, -0.2) is 0 Å². The molecule has 0 unspecified atom stereocenters. The first kappa shape index (κ1) is 14.2. The van der Waals surface area contributed by atoms with Crippen LogP contribution in [-0.4, -0.2) is 23.4 Å². The van der Waals surface area contributed by atoms with Crippen molar-refractivity contribution in [1.82, 2.24) is 0 Å². The molecule has 1 amide bonds. The van der Waals surface area contributed by atoms with E-state index in [1.807, 2.05) is 13.0 Å². The third-order valence-corrected chi connectivity index (χ3v) is 4.05. The highest BCUT2D eigenvalue weighted by Crippen LogP contribution is 2.29. The van der Waals surface area contributed by atoms with Crippen LogP contribution in [0, 0.1) is 12.8 Å². The summed E-state index contributed by atoms with van der Waals surface area (Å²) in [4.78, 5) is 13.8. The minimum absolute atomic E-state index is 0.00730. The van der Waals surface area contributed by atoms with Crippen molar-refractivity contribution in [2.45, 2.75) is 32.6 Å². The number of aryl methyl sites for hydroxylation is 1. The molecular weight excluding hydrogens is 262 g/mol. The predicted octanol–water partition coefficient (Wildman–Crippen LogP) is 3.46. The zero-order valence-corrected chi connectivity index (χ0v) is 12.0. The van der Waals surface area contributed by atoms with Crippen molar-refractivity contribution in [3.05, 3.63) is 23.8 Å². The highest BCUT2D eigenvalue weighted by atomic mass is 35.5. The molecule has 1 aliphatic carbocycles. The normalized spacial score (nSPS) is 15.7. The van der Waals surface area contributed by atoms with Crippen molar-refractivity contribution in [3.8, 4) is 5.75 Å². The van der Waals surface area contributed by atoms with E-state index in [1.54, 1.807) is 17.0 Å². The van der Waals surface area contributed by atoms with Gasteiger partial charge in [0.1, 0.15) is 11.6 Å². The summed E-state index contributed by atoms with van der Waals surface area (Å²) in [5.74, 6) is 0.745. The lowest BCUT2D eigenvalue weighted by Crippen LogP contribution is -2.35. The van der Waals surface area contributed by atoms with E-state index in [-0.39, 0.29) is 17.5 Å². The van der Waals surface area contributed by atoms with E-state index < -0.39 is 0 Å². The molecule has 0 spiro atoms. The molecule has 1 fully saturated rings. The fourth-order valence-corrected chi connectivity index (χ4v) is 2.83. The molecule has 0 aliphatic heterocycles. The number of hydrogen-bond acceptors (Lipinski definition) is 2. The van der Waals surface area contributed by atoms with Gasteiger partial charge < -0.3 is 10.0 Å². The van der Waals surface area contributed by atoms with Gasteiger partial charge in [0.25, 0.3) is 0 Å². The maximum absolute atomic E-state index is 12.0. The number of rotatable bonds is 4. The molecular formula is C15H20ClNO2. The number of anilines is 1. The fourth-order valence-electron chi connectivity index (χ4n) is 2.68. The maximum Gasteiger partial charge on any atom is 0.241 e. The Morgan fingerprint density at radius 3 is 2.68 bits per heavy atom. The van der Waals surface area contributed by atoms with Crippen molar-refractivity contribution >= 4 is 23.2 Å². The van der Waals surface area contributed by atoms with Crippen molar-refractivity contribution < 1.29 is 9.90 Å². The van der Waals surface area contributed by atoms with Crippen LogP contribution in [0.2, 0.25) is 0 Å². The van der Waals surface area contributed by atoms with Crippen LogP contribution >= 0.6 is 11.6 Å². The molecule has 1 aliphatic rings. The van der Waals surface area contributed by atoms with Gasteiger partial charge in [0.2, 0.25) is 5.91 Å². The molecule has 1 saturated carbocycles. The molecule has 104 valence electrons. The number of phenols is 1. The third-order valence-electron chi connectivity index (χ3n) is 3.82. The Morgan fingerprint density at radius 2 is 2.11 bits per heavy atom. The first-order chi connectivity index (χ1) is 9.11. The average molecular weight is 282 g/mol. The van der Waals surface area contributed by atoms with Gasteiger partial charge >= 0.3 is 0 Å². The maximum atomic E-state index is 12.0. The van der Waals surface area contributed by atoms with Gasteiger partial charge in [-0.3, -0.25) is 4.79 Å². The van der Waals surface area contributed by atoms with Crippen LogP contribution < -0.4 is 4.90 Å². The molecule has 0 heterocycles. The number of benzene rings is 1. The van der Waals surface area contributed by atoms with E-state index in [1.165, 1.54) is 25.7 Å². The molecule has 0 saturated heterocycles. The first-order valence-corrected chi connectivity index (χ1v) is 7.31. The van der Waals surface area contributed by atoms with Gasteiger partial charge in [-0.05, 0) is 49.4 Å². The van der Waals surface area contributed by atoms with E-state index in [0.717, 1.165) is 17.8 Å². The smallest absolute Gasteiger partial charge is 0.241 e. The zero-order valence-electron chi connectivity index (χ0n) is 11.2. The van der Waals surface area contributed by atoms with E-state index in [9.17, 15) is 9.90 Å². The zero-order chi connectivity index (χ0) is 13.8. The van der Waals surface area contributed by atoms with Gasteiger partial charge in [0.15, 0.2) is 0 Å². The monoisotopic (exact) mass is 281 g/mol. The molecule has 0 bridgehead atoms. The first-order valence-electron chi connectivity index (χ1n) is 6.77. The van der Waals surface area contributed by atoms with Crippen LogP contribution in [0.3, 0.4) is 0 Å². The summed E-state index contributed by atoms with van der Waals surface area (Å²) >= 11 is 5.71. The standard InChI is InChI=1S/C15H20ClNO2/c1-11-8-13(6-7-14(11)18)17(15(19)9-16)10-12-4-2-3-5-12/h6-8,12,18H,2-5,9-10H2,1H3. The second kappa shape index (κ2) is 6.29. The number of hydrogen-bond donors (Lipinski definition) is 1. The van der Waals surface area contributed by atoms with E-state index in [2.05, 4.69) is 0 Å². The van der Waals surface area contributed by atoms with Gasteiger partial charge in [0.05, 0.1) is 0 Å². The van der Waals surface area contributed by atoms with Crippen molar-refractivity contribution in [1.29, 1.82) is 0 Å². The molecule has 1 aromatic rings. The van der Waals surface area contributed by atoms with Crippen LogP contribution in [-0.2, 0) is 4.79 Å². The average Bonchev–Trinajstić information content (AvgIpc) is 2.91. The summed E-state index contributed by atoms with van der Waals surface area (Å²) in [7, 11) is 0. The lowest BCUT2D eigenvalue weighted by atomic mass is 10.1. The highest BCUT2D eigenvalue weighted by molar-refractivity contribution is 6.29. The summed E-state index contributed by atoms with van der Waals surface area (Å²) in [6.45, 7) is 2.56. The number of phenolic OH excluding ortho intramolecular Hbond substituents is 1. The lowest BCUT2D eigenvalue weighted by molar-refractivity contribution is -0.116. The predicted molar refractivity (Wildman–Crippen MR) is 77.9 cm³/mol. The van der Waals surface area contributed by atoms with Gasteiger partial charge in [-0.2, -0.15) is 0 Å². The number of nitrogens with zero attached hydrogens (tertiary/aromatic N) is 1. The number of alkyl halides is 1. The van der Waals surface area contributed by atoms with E-state index in [4.69, 9.17) is 11.6 Å². The van der Waals surface area contributed by atoms with Crippen LogP contribution in [0.5, 0.6) is 5.75 Å². The number of carbonyl (C=O) groups excluding carboxylic acids is 1. The summed E-state index contributed by atoms with van der Waals surface area (Å²) < 4.78 is 0. The molecule has 3 nitrogen and oxygen atoms in total.